The third-order valence-corrected chi connectivity index (χ3v) is 8.19. The van der Waals surface area contributed by atoms with E-state index in [0.717, 1.165) is 9.87 Å². The summed E-state index contributed by atoms with van der Waals surface area (Å²) in [5.41, 5.74) is 1.97. The summed E-state index contributed by atoms with van der Waals surface area (Å²) in [6.45, 7) is 0.329. The number of benzene rings is 3. The van der Waals surface area contributed by atoms with Crippen LogP contribution < -0.4 is 4.31 Å². The fourth-order valence-corrected chi connectivity index (χ4v) is 5.66. The van der Waals surface area contributed by atoms with Crippen LogP contribution in [0.4, 0.5) is 10.1 Å². The minimum Gasteiger partial charge on any atom is -0.505 e. The Bertz CT molecular complexity index is 1700. The second kappa shape index (κ2) is 9.38. The number of phenolic OH excluding ortho intramolecular Hbond substituents is 1. The van der Waals surface area contributed by atoms with Gasteiger partial charge in [0.2, 0.25) is 5.88 Å². The summed E-state index contributed by atoms with van der Waals surface area (Å²) in [6, 6.07) is 18.4. The van der Waals surface area contributed by atoms with E-state index in [0.29, 0.717) is 16.3 Å². The molecule has 0 bridgehead atoms. The lowest BCUT2D eigenvalue weighted by Crippen LogP contribution is -2.39. The average Bonchev–Trinajstić information content (AvgIpc) is 3.21. The molecule has 190 valence electrons. The van der Waals surface area contributed by atoms with Crippen molar-refractivity contribution in [3.63, 3.8) is 0 Å². The lowest BCUT2D eigenvalue weighted by Gasteiger charge is -2.27. The summed E-state index contributed by atoms with van der Waals surface area (Å²) in [6.07, 6.45) is 3.07. The zero-order chi connectivity index (χ0) is 26.3. The fraction of sp³-hybridized carbons (Fsp3) is 0.148. The van der Waals surface area contributed by atoms with E-state index in [1.807, 2.05) is 30.3 Å². The van der Waals surface area contributed by atoms with Crippen LogP contribution in [0.1, 0.15) is 11.1 Å². The standard InChI is InChI=1S/C27H25FN4O4S/c1-30(15-18-7-4-3-5-8-18)37(35,36)31(2)25-21-9-6-14-29-24(21)26(33)23-22(25)17-32(27(23)34)16-19-10-12-20(28)13-11-19/h3-14,17,33-34H,15-16H2,1-2H3. The largest absolute Gasteiger partial charge is 0.505 e. The van der Waals surface area contributed by atoms with Crippen LogP contribution in [-0.4, -0.2) is 46.6 Å². The maximum absolute atomic E-state index is 13.7. The monoisotopic (exact) mass is 520 g/mol. The quantitative estimate of drug-likeness (QED) is 0.327. The molecule has 0 saturated heterocycles. The molecule has 8 nitrogen and oxygen atoms in total. The topological polar surface area (TPSA) is 98.9 Å². The minimum absolute atomic E-state index is 0.0797. The van der Waals surface area contributed by atoms with Crippen molar-refractivity contribution in [2.75, 3.05) is 18.4 Å². The minimum atomic E-state index is -4.03. The Hall–Kier alpha value is -4.15. The maximum atomic E-state index is 13.7. The van der Waals surface area contributed by atoms with E-state index < -0.39 is 10.2 Å². The third kappa shape index (κ3) is 4.34. The molecule has 10 heteroatoms. The Labute approximate surface area is 213 Å². The van der Waals surface area contributed by atoms with Gasteiger partial charge in [0, 0.05) is 43.8 Å². The van der Waals surface area contributed by atoms with E-state index >= 15 is 0 Å². The fourth-order valence-electron chi connectivity index (χ4n) is 4.50. The van der Waals surface area contributed by atoms with Crippen molar-refractivity contribution in [1.82, 2.24) is 13.9 Å². The van der Waals surface area contributed by atoms with Gasteiger partial charge in [0.05, 0.1) is 17.6 Å². The second-order valence-corrected chi connectivity index (χ2v) is 10.9. The Morgan fingerprint density at radius 3 is 2.32 bits per heavy atom. The van der Waals surface area contributed by atoms with Crippen LogP contribution in [0.2, 0.25) is 0 Å². The number of hydrogen-bond acceptors (Lipinski definition) is 5. The van der Waals surface area contributed by atoms with Crippen LogP contribution in [0.25, 0.3) is 21.7 Å². The van der Waals surface area contributed by atoms with Crippen molar-refractivity contribution in [3.05, 3.63) is 96.1 Å². The highest BCUT2D eigenvalue weighted by atomic mass is 32.2. The predicted octanol–water partition coefficient (Wildman–Crippen LogP) is 4.60. The van der Waals surface area contributed by atoms with Gasteiger partial charge in [-0.25, -0.2) is 4.39 Å². The summed E-state index contributed by atoms with van der Waals surface area (Å²) >= 11 is 0. The van der Waals surface area contributed by atoms with Gasteiger partial charge in [-0.1, -0.05) is 42.5 Å². The maximum Gasteiger partial charge on any atom is 0.303 e. The molecule has 2 heterocycles. The molecule has 0 aliphatic heterocycles. The summed E-state index contributed by atoms with van der Waals surface area (Å²) in [5.74, 6) is -0.892. The molecule has 0 radical (unpaired) electrons. The number of phenols is 1. The van der Waals surface area contributed by atoms with Gasteiger partial charge in [-0.15, -0.1) is 0 Å². The normalized spacial score (nSPS) is 12.0. The van der Waals surface area contributed by atoms with Crippen molar-refractivity contribution < 1.29 is 23.0 Å². The second-order valence-electron chi connectivity index (χ2n) is 8.81. The van der Waals surface area contributed by atoms with Crippen LogP contribution in [0, 0.1) is 5.82 Å². The first kappa shape index (κ1) is 24.5. The number of halogens is 1. The first-order chi connectivity index (χ1) is 17.7. The molecule has 0 amide bonds. The molecule has 0 atom stereocenters. The van der Waals surface area contributed by atoms with Crippen molar-refractivity contribution >= 4 is 37.6 Å². The van der Waals surface area contributed by atoms with Crippen LogP contribution in [0.5, 0.6) is 11.6 Å². The van der Waals surface area contributed by atoms with Crippen LogP contribution in [-0.2, 0) is 23.3 Å². The summed E-state index contributed by atoms with van der Waals surface area (Å²) in [7, 11) is -1.10. The van der Waals surface area contributed by atoms with Gasteiger partial charge in [0.15, 0.2) is 5.75 Å². The van der Waals surface area contributed by atoms with Gasteiger partial charge in [0.1, 0.15) is 11.3 Å². The van der Waals surface area contributed by atoms with Crippen molar-refractivity contribution in [2.24, 2.45) is 0 Å². The molecule has 0 aliphatic carbocycles. The molecule has 2 N–H and O–H groups in total. The Morgan fingerprint density at radius 1 is 0.919 bits per heavy atom. The molecule has 0 saturated carbocycles. The molecule has 3 aromatic carbocycles. The first-order valence-electron chi connectivity index (χ1n) is 11.5. The number of fused-ring (bicyclic) bond motifs is 2. The lowest BCUT2D eigenvalue weighted by atomic mass is 10.1. The number of aromatic hydroxyl groups is 2. The number of hydrogen-bond donors (Lipinski definition) is 2. The molecular formula is C27H25FN4O4S. The molecule has 0 fully saturated rings. The molecule has 37 heavy (non-hydrogen) atoms. The Morgan fingerprint density at radius 2 is 1.62 bits per heavy atom. The van der Waals surface area contributed by atoms with E-state index in [1.165, 1.54) is 41.3 Å². The lowest BCUT2D eigenvalue weighted by molar-refractivity contribution is 0.425. The first-order valence-corrected chi connectivity index (χ1v) is 12.9. The predicted molar refractivity (Wildman–Crippen MR) is 141 cm³/mol. The zero-order valence-electron chi connectivity index (χ0n) is 20.2. The number of anilines is 1. The van der Waals surface area contributed by atoms with Crippen molar-refractivity contribution in [3.8, 4) is 11.6 Å². The number of pyridine rings is 1. The van der Waals surface area contributed by atoms with E-state index in [4.69, 9.17) is 0 Å². The number of nitrogens with zero attached hydrogens (tertiary/aromatic N) is 4. The summed E-state index contributed by atoms with van der Waals surface area (Å²) in [4.78, 5) is 4.27. The van der Waals surface area contributed by atoms with Crippen molar-refractivity contribution in [1.29, 1.82) is 0 Å². The van der Waals surface area contributed by atoms with Crippen LogP contribution >= 0.6 is 0 Å². The number of aromatic nitrogens is 2. The van der Waals surface area contributed by atoms with Crippen molar-refractivity contribution in [2.45, 2.75) is 13.1 Å². The van der Waals surface area contributed by atoms with Gasteiger partial charge in [0.25, 0.3) is 0 Å². The molecule has 0 spiro atoms. The number of rotatable bonds is 7. The van der Waals surface area contributed by atoms with Gasteiger partial charge in [-0.2, -0.15) is 12.7 Å². The highest BCUT2D eigenvalue weighted by Crippen LogP contribution is 2.46. The van der Waals surface area contributed by atoms with E-state index in [-0.39, 0.29) is 47.1 Å². The molecule has 2 aromatic heterocycles. The van der Waals surface area contributed by atoms with Gasteiger partial charge in [-0.3, -0.25) is 9.29 Å². The highest BCUT2D eigenvalue weighted by Gasteiger charge is 2.30. The van der Waals surface area contributed by atoms with Gasteiger partial charge >= 0.3 is 10.2 Å². The smallest absolute Gasteiger partial charge is 0.303 e. The average molecular weight is 521 g/mol. The van der Waals surface area contributed by atoms with Crippen LogP contribution in [0.3, 0.4) is 0 Å². The van der Waals surface area contributed by atoms with E-state index in [9.17, 15) is 23.0 Å². The summed E-state index contributed by atoms with van der Waals surface area (Å²) in [5, 5.41) is 23.0. The Kier molecular flexibility index (Phi) is 6.22. The zero-order valence-corrected chi connectivity index (χ0v) is 21.0. The molecule has 5 aromatic rings. The molecule has 5 rings (SSSR count). The summed E-state index contributed by atoms with van der Waals surface area (Å²) < 4.78 is 44.6. The third-order valence-electron chi connectivity index (χ3n) is 6.40. The van der Waals surface area contributed by atoms with Gasteiger partial charge in [-0.05, 0) is 35.4 Å². The van der Waals surface area contributed by atoms with E-state index in [1.54, 1.807) is 30.5 Å². The molecule has 0 aliphatic rings. The highest BCUT2D eigenvalue weighted by molar-refractivity contribution is 7.90. The van der Waals surface area contributed by atoms with Gasteiger partial charge < -0.3 is 14.8 Å². The Balaban J connectivity index is 1.67. The SMILES string of the molecule is CN(Cc1ccccc1)S(=O)(=O)N(C)c1c2cccnc2c(O)c2c(O)n(Cc3ccc(F)cc3)cc12. The molecular weight excluding hydrogens is 495 g/mol. The van der Waals surface area contributed by atoms with E-state index in [2.05, 4.69) is 4.98 Å². The van der Waals surface area contributed by atoms with Crippen LogP contribution in [0.15, 0.2) is 79.1 Å². The molecule has 0 unspecified atom stereocenters.